The van der Waals surface area contributed by atoms with Gasteiger partial charge in [0, 0.05) is 23.2 Å². The van der Waals surface area contributed by atoms with Crippen molar-refractivity contribution in [3.05, 3.63) is 58.1 Å². The number of nitrogens with zero attached hydrogens (tertiary/aromatic N) is 1. The van der Waals surface area contributed by atoms with E-state index in [0.29, 0.717) is 13.1 Å². The van der Waals surface area contributed by atoms with Gasteiger partial charge in [-0.05, 0) is 55.5 Å². The van der Waals surface area contributed by atoms with Crippen LogP contribution < -0.4 is 10.2 Å². The molecular weight excluding hydrogens is 402 g/mol. The summed E-state index contributed by atoms with van der Waals surface area (Å²) in [6.45, 7) is 1.32. The van der Waals surface area contributed by atoms with E-state index in [0.717, 1.165) is 35.7 Å². The highest BCUT2D eigenvalue weighted by Gasteiger charge is 2.51. The molecule has 2 aromatic carbocycles. The maximum Gasteiger partial charge on any atom is 0.235 e. The minimum atomic E-state index is -0.629. The summed E-state index contributed by atoms with van der Waals surface area (Å²) in [6.07, 6.45) is 3.34. The number of hydrogen-bond acceptors (Lipinski definition) is 2. The average Bonchev–Trinajstić information content (AvgIpc) is 3.24. The average molecular weight is 421 g/mol. The third kappa shape index (κ3) is 3.11. The quantitative estimate of drug-likeness (QED) is 0.754. The molecule has 1 amide bonds. The van der Waals surface area contributed by atoms with Crippen molar-refractivity contribution >= 4 is 33.2 Å². The van der Waals surface area contributed by atoms with Gasteiger partial charge >= 0.3 is 0 Å². The maximum absolute atomic E-state index is 14.5. The van der Waals surface area contributed by atoms with Gasteiger partial charge in [0.1, 0.15) is 5.69 Å². The summed E-state index contributed by atoms with van der Waals surface area (Å²) in [5, 5.41) is 2.71. The van der Waals surface area contributed by atoms with Crippen molar-refractivity contribution in [2.45, 2.75) is 31.1 Å². The summed E-state index contributed by atoms with van der Waals surface area (Å²) in [4.78, 5) is 14.5. The van der Waals surface area contributed by atoms with Crippen LogP contribution in [0.15, 0.2) is 40.9 Å². The van der Waals surface area contributed by atoms with Crippen LogP contribution in [0, 0.1) is 11.6 Å². The van der Waals surface area contributed by atoms with Crippen molar-refractivity contribution in [3.8, 4) is 0 Å². The molecule has 2 aromatic rings. The third-order valence-corrected chi connectivity index (χ3v) is 5.81. The molecule has 1 heterocycles. The molecule has 1 N–H and O–H groups in total. The second-order valence-corrected chi connectivity index (χ2v) is 7.94. The largest absolute Gasteiger partial charge is 0.367 e. The van der Waals surface area contributed by atoms with Gasteiger partial charge in [0.15, 0.2) is 11.6 Å². The Labute approximate surface area is 159 Å². The minimum absolute atomic E-state index is 0.00884. The van der Waals surface area contributed by atoms with E-state index in [1.54, 1.807) is 4.90 Å². The predicted octanol–water partition coefficient (Wildman–Crippen LogP) is 5.00. The predicted molar refractivity (Wildman–Crippen MR) is 101 cm³/mol. The Morgan fingerprint density at radius 2 is 1.62 bits per heavy atom. The molecule has 6 heteroatoms. The second-order valence-electron chi connectivity index (χ2n) is 7.03. The molecule has 0 spiro atoms. The van der Waals surface area contributed by atoms with E-state index in [2.05, 4.69) is 21.2 Å². The lowest BCUT2D eigenvalue weighted by atomic mass is 9.95. The Kier molecular flexibility index (Phi) is 4.47. The molecule has 4 rings (SSSR count). The first-order valence-electron chi connectivity index (χ1n) is 8.81. The Morgan fingerprint density at radius 1 is 1.04 bits per heavy atom. The molecule has 2 fully saturated rings. The molecule has 1 aliphatic heterocycles. The Morgan fingerprint density at radius 3 is 2.15 bits per heavy atom. The van der Waals surface area contributed by atoms with E-state index in [-0.39, 0.29) is 17.3 Å². The molecule has 26 heavy (non-hydrogen) atoms. The van der Waals surface area contributed by atoms with Gasteiger partial charge in [0.2, 0.25) is 5.91 Å². The summed E-state index contributed by atoms with van der Waals surface area (Å²) < 4.78 is 29.9. The van der Waals surface area contributed by atoms with Crippen LogP contribution in [0.1, 0.15) is 31.2 Å². The topological polar surface area (TPSA) is 32.3 Å². The Bertz CT molecular complexity index is 820. The van der Waals surface area contributed by atoms with E-state index in [9.17, 15) is 13.6 Å². The summed E-state index contributed by atoms with van der Waals surface area (Å²) in [5.41, 5.74) is 0.500. The lowest BCUT2D eigenvalue weighted by Gasteiger charge is -2.21. The van der Waals surface area contributed by atoms with Gasteiger partial charge in [-0.2, -0.15) is 0 Å². The molecule has 0 unspecified atom stereocenters. The summed E-state index contributed by atoms with van der Waals surface area (Å²) in [7, 11) is 0. The van der Waals surface area contributed by atoms with Crippen molar-refractivity contribution in [2.24, 2.45) is 0 Å². The standard InChI is InChI=1S/C20H19BrF2N2O/c21-14-5-3-13(4-6-14)20(7-8-20)19(26)24-15-11-16(22)18(17(23)12-15)25-9-1-2-10-25/h3-6,11-12H,1-2,7-10H2,(H,24,26). The molecule has 0 bridgehead atoms. The van der Waals surface area contributed by atoms with Crippen molar-refractivity contribution in [2.75, 3.05) is 23.3 Å². The van der Waals surface area contributed by atoms with E-state index < -0.39 is 17.0 Å². The molecule has 1 saturated heterocycles. The highest BCUT2D eigenvalue weighted by atomic mass is 79.9. The molecular formula is C20H19BrF2N2O. The van der Waals surface area contributed by atoms with Crippen LogP contribution in [0.2, 0.25) is 0 Å². The molecule has 0 atom stereocenters. The minimum Gasteiger partial charge on any atom is -0.367 e. The number of nitrogens with one attached hydrogen (secondary N) is 1. The molecule has 0 radical (unpaired) electrons. The highest BCUT2D eigenvalue weighted by molar-refractivity contribution is 9.10. The Balaban J connectivity index is 1.55. The number of amides is 1. The van der Waals surface area contributed by atoms with Gasteiger partial charge < -0.3 is 10.2 Å². The van der Waals surface area contributed by atoms with E-state index in [1.807, 2.05) is 24.3 Å². The zero-order chi connectivity index (χ0) is 18.3. The van der Waals surface area contributed by atoms with Crippen molar-refractivity contribution in [3.63, 3.8) is 0 Å². The Hall–Kier alpha value is -1.95. The number of carbonyl (C=O) groups is 1. The fourth-order valence-corrected chi connectivity index (χ4v) is 3.94. The van der Waals surface area contributed by atoms with Gasteiger partial charge in [-0.15, -0.1) is 0 Å². The molecule has 136 valence electrons. The molecule has 1 aliphatic carbocycles. The van der Waals surface area contributed by atoms with E-state index >= 15 is 0 Å². The van der Waals surface area contributed by atoms with Crippen LogP contribution in [0.3, 0.4) is 0 Å². The number of anilines is 2. The zero-order valence-corrected chi connectivity index (χ0v) is 15.8. The highest BCUT2D eigenvalue weighted by Crippen LogP contribution is 2.49. The number of carbonyl (C=O) groups excluding carboxylic acids is 1. The second kappa shape index (κ2) is 6.65. The number of benzene rings is 2. The zero-order valence-electron chi connectivity index (χ0n) is 14.2. The number of rotatable bonds is 4. The normalized spacial score (nSPS) is 18.0. The lowest BCUT2D eigenvalue weighted by molar-refractivity contribution is -0.118. The van der Waals surface area contributed by atoms with Crippen LogP contribution in [0.4, 0.5) is 20.2 Å². The first-order chi connectivity index (χ1) is 12.5. The van der Waals surface area contributed by atoms with Crippen LogP contribution >= 0.6 is 15.9 Å². The van der Waals surface area contributed by atoms with Crippen molar-refractivity contribution in [1.29, 1.82) is 0 Å². The molecule has 1 saturated carbocycles. The fraction of sp³-hybridized carbons (Fsp3) is 0.350. The van der Waals surface area contributed by atoms with Gasteiger partial charge in [-0.3, -0.25) is 4.79 Å². The van der Waals surface area contributed by atoms with E-state index in [4.69, 9.17) is 0 Å². The summed E-state index contributed by atoms with van der Waals surface area (Å²) in [5.74, 6) is -1.47. The fourth-order valence-electron chi connectivity index (χ4n) is 3.67. The van der Waals surface area contributed by atoms with Crippen molar-refractivity contribution in [1.82, 2.24) is 0 Å². The monoisotopic (exact) mass is 420 g/mol. The van der Waals surface area contributed by atoms with Crippen LogP contribution in [0.25, 0.3) is 0 Å². The number of hydrogen-bond donors (Lipinski definition) is 1. The van der Waals surface area contributed by atoms with Crippen LogP contribution in [-0.4, -0.2) is 19.0 Å². The van der Waals surface area contributed by atoms with Crippen LogP contribution in [0.5, 0.6) is 0 Å². The first-order valence-corrected chi connectivity index (χ1v) is 9.60. The van der Waals surface area contributed by atoms with Gasteiger partial charge in [0.25, 0.3) is 0 Å². The summed E-state index contributed by atoms with van der Waals surface area (Å²) in [6, 6.07) is 10.0. The summed E-state index contributed by atoms with van der Waals surface area (Å²) >= 11 is 3.39. The molecule has 3 nitrogen and oxygen atoms in total. The smallest absolute Gasteiger partial charge is 0.235 e. The third-order valence-electron chi connectivity index (χ3n) is 5.28. The maximum atomic E-state index is 14.5. The van der Waals surface area contributed by atoms with Gasteiger partial charge in [-0.25, -0.2) is 8.78 Å². The molecule has 0 aromatic heterocycles. The van der Waals surface area contributed by atoms with Crippen molar-refractivity contribution < 1.29 is 13.6 Å². The SMILES string of the molecule is O=C(Nc1cc(F)c(N2CCCC2)c(F)c1)C1(c2ccc(Br)cc2)CC1. The lowest BCUT2D eigenvalue weighted by Crippen LogP contribution is -2.28. The van der Waals surface area contributed by atoms with Crippen LogP contribution in [-0.2, 0) is 10.2 Å². The van der Waals surface area contributed by atoms with Gasteiger partial charge in [0.05, 0.1) is 5.41 Å². The molecule has 2 aliphatic rings. The number of halogens is 3. The first kappa shape index (κ1) is 17.5. The van der Waals surface area contributed by atoms with E-state index in [1.165, 1.54) is 12.1 Å². The van der Waals surface area contributed by atoms with Gasteiger partial charge in [-0.1, -0.05) is 28.1 Å².